The lowest BCUT2D eigenvalue weighted by Crippen LogP contribution is -2.10. The molecular formula is C8H10Si2. The molecule has 0 aliphatic rings. The molecule has 0 unspecified atom stereocenters. The Bertz CT molecular complexity index is 243. The van der Waals surface area contributed by atoms with Gasteiger partial charge in [0.1, 0.15) is 9.52 Å². The molecular weight excluding hydrogens is 152 g/mol. The predicted molar refractivity (Wildman–Crippen MR) is 52.3 cm³/mol. The van der Waals surface area contributed by atoms with Crippen molar-refractivity contribution in [1.82, 2.24) is 0 Å². The van der Waals surface area contributed by atoms with Crippen LogP contribution in [-0.2, 0) is 0 Å². The zero-order chi connectivity index (χ0) is 7.23. The van der Waals surface area contributed by atoms with Crippen LogP contribution in [0.15, 0.2) is 30.3 Å². The first kappa shape index (κ1) is 7.32. The molecule has 2 heteroatoms. The predicted octanol–water partition coefficient (Wildman–Crippen LogP) is -1.24. The fourth-order valence-corrected chi connectivity index (χ4v) is 2.21. The van der Waals surface area contributed by atoms with E-state index in [4.69, 9.17) is 0 Å². The van der Waals surface area contributed by atoms with E-state index in [9.17, 15) is 0 Å². The van der Waals surface area contributed by atoms with E-state index >= 15 is 0 Å². The summed E-state index contributed by atoms with van der Waals surface area (Å²) in [6.45, 7) is 0. The Morgan fingerprint density at radius 2 is 1.90 bits per heavy atom. The molecule has 0 bridgehead atoms. The number of rotatable bonds is 1. The largest absolute Gasteiger partial charge is 0.151 e. The monoisotopic (exact) mass is 162 g/mol. The lowest BCUT2D eigenvalue weighted by molar-refractivity contribution is 1.77. The quantitative estimate of drug-likeness (QED) is 0.358. The van der Waals surface area contributed by atoms with Crippen LogP contribution in [0.1, 0.15) is 0 Å². The summed E-state index contributed by atoms with van der Waals surface area (Å²) < 4.78 is 0. The summed E-state index contributed by atoms with van der Waals surface area (Å²) >= 11 is 0. The molecule has 1 rings (SSSR count). The summed E-state index contributed by atoms with van der Waals surface area (Å²) in [5.74, 6) is 0. The standard InChI is InChI=1S/C8H10Si2/c9-6-7-10-8-4-2-1-3-5-8/h1-5H,10H2,9H3. The van der Waals surface area contributed by atoms with Crippen LogP contribution in [0.5, 0.6) is 0 Å². The molecule has 0 spiro atoms. The number of benzene rings is 1. The molecule has 50 valence electrons. The maximum absolute atomic E-state index is 3.22. The molecule has 0 aliphatic carbocycles. The summed E-state index contributed by atoms with van der Waals surface area (Å²) in [4.78, 5) is 0. The number of hydrogen-bond donors (Lipinski definition) is 0. The highest BCUT2D eigenvalue weighted by atomic mass is 28.2. The summed E-state index contributed by atoms with van der Waals surface area (Å²) in [7, 11) is 0.786. The Balaban J connectivity index is 2.64. The van der Waals surface area contributed by atoms with E-state index in [-0.39, 0.29) is 9.52 Å². The molecule has 0 saturated carbocycles. The van der Waals surface area contributed by atoms with Gasteiger partial charge in [-0.15, -0.1) is 5.54 Å². The van der Waals surface area contributed by atoms with Gasteiger partial charge in [-0.25, -0.2) is 0 Å². The molecule has 10 heavy (non-hydrogen) atoms. The summed E-state index contributed by atoms with van der Waals surface area (Å²) in [5.41, 5.74) is 6.28. The van der Waals surface area contributed by atoms with Gasteiger partial charge in [0.15, 0.2) is 0 Å². The second-order valence-electron chi connectivity index (χ2n) is 2.09. The van der Waals surface area contributed by atoms with E-state index in [0.717, 1.165) is 10.2 Å². The van der Waals surface area contributed by atoms with Crippen LogP contribution in [0, 0.1) is 11.1 Å². The van der Waals surface area contributed by atoms with E-state index in [2.05, 4.69) is 35.4 Å². The lowest BCUT2D eigenvalue weighted by Gasteiger charge is -1.89. The zero-order valence-corrected chi connectivity index (χ0v) is 9.51. The molecule has 0 saturated heterocycles. The maximum atomic E-state index is 3.22. The van der Waals surface area contributed by atoms with Crippen LogP contribution in [0.4, 0.5) is 0 Å². The van der Waals surface area contributed by atoms with Crippen molar-refractivity contribution in [3.05, 3.63) is 30.3 Å². The average Bonchev–Trinajstić information content (AvgIpc) is 2.03. The summed E-state index contributed by atoms with van der Waals surface area (Å²) in [5, 5.41) is 1.45. The van der Waals surface area contributed by atoms with Crippen molar-refractivity contribution >= 4 is 24.9 Å². The van der Waals surface area contributed by atoms with E-state index in [1.807, 2.05) is 6.07 Å². The van der Waals surface area contributed by atoms with Gasteiger partial charge in [-0.1, -0.05) is 35.5 Å². The first-order valence-corrected chi connectivity index (χ1v) is 5.78. The SMILES string of the molecule is [SiH3]C#C[SiH2]c1ccccc1. The van der Waals surface area contributed by atoms with Crippen molar-refractivity contribution in [2.75, 3.05) is 0 Å². The molecule has 0 aliphatic heterocycles. The second-order valence-corrected chi connectivity index (χ2v) is 4.11. The van der Waals surface area contributed by atoms with Gasteiger partial charge in [0.2, 0.25) is 0 Å². The third-order valence-corrected chi connectivity index (χ3v) is 3.78. The average molecular weight is 162 g/mol. The molecule has 0 fully saturated rings. The molecule has 0 amide bonds. The molecule has 0 atom stereocenters. The van der Waals surface area contributed by atoms with Crippen LogP contribution in [0.3, 0.4) is 0 Å². The van der Waals surface area contributed by atoms with Crippen molar-refractivity contribution in [1.29, 1.82) is 0 Å². The Morgan fingerprint density at radius 3 is 2.50 bits per heavy atom. The van der Waals surface area contributed by atoms with E-state index in [0.29, 0.717) is 0 Å². The van der Waals surface area contributed by atoms with Gasteiger partial charge in [-0.05, 0) is 0 Å². The van der Waals surface area contributed by atoms with Crippen molar-refractivity contribution in [3.63, 3.8) is 0 Å². The fourth-order valence-electron chi connectivity index (χ4n) is 0.786. The molecule has 0 radical (unpaired) electrons. The molecule has 0 heterocycles. The van der Waals surface area contributed by atoms with Crippen molar-refractivity contribution in [3.8, 4) is 11.1 Å². The topological polar surface area (TPSA) is 0 Å². The molecule has 1 aromatic rings. The van der Waals surface area contributed by atoms with Gasteiger partial charge in [-0.3, -0.25) is 0 Å². The highest BCUT2D eigenvalue weighted by molar-refractivity contribution is 6.62. The van der Waals surface area contributed by atoms with Gasteiger partial charge < -0.3 is 0 Å². The van der Waals surface area contributed by atoms with Gasteiger partial charge in [-0.2, -0.15) is 5.54 Å². The third-order valence-electron chi connectivity index (χ3n) is 1.31. The van der Waals surface area contributed by atoms with Gasteiger partial charge >= 0.3 is 0 Å². The van der Waals surface area contributed by atoms with Gasteiger partial charge in [0.05, 0.1) is 10.2 Å². The Hall–Kier alpha value is -0.786. The Labute approximate surface area is 66.9 Å². The fraction of sp³-hybridized carbons (Fsp3) is 0. The van der Waals surface area contributed by atoms with Crippen LogP contribution >= 0.6 is 0 Å². The van der Waals surface area contributed by atoms with Crippen molar-refractivity contribution in [2.45, 2.75) is 0 Å². The zero-order valence-electron chi connectivity index (χ0n) is 6.09. The van der Waals surface area contributed by atoms with Crippen molar-refractivity contribution in [2.24, 2.45) is 0 Å². The second kappa shape index (κ2) is 4.10. The minimum Gasteiger partial charge on any atom is -0.151 e. The minimum atomic E-state index is -0.238. The minimum absolute atomic E-state index is 0.238. The van der Waals surface area contributed by atoms with Crippen LogP contribution < -0.4 is 5.19 Å². The summed E-state index contributed by atoms with van der Waals surface area (Å²) in [6.07, 6.45) is 0. The smallest absolute Gasteiger partial charge is 0.137 e. The maximum Gasteiger partial charge on any atom is 0.137 e. The molecule has 1 aromatic carbocycles. The Kier molecular flexibility index (Phi) is 3.00. The molecule has 0 N–H and O–H groups in total. The van der Waals surface area contributed by atoms with Crippen LogP contribution in [-0.4, -0.2) is 19.8 Å². The Morgan fingerprint density at radius 1 is 1.20 bits per heavy atom. The molecule has 0 nitrogen and oxygen atoms in total. The molecule has 0 aromatic heterocycles. The van der Waals surface area contributed by atoms with E-state index < -0.39 is 0 Å². The summed E-state index contributed by atoms with van der Waals surface area (Å²) in [6, 6.07) is 10.5. The normalized spacial score (nSPS) is 9.60. The van der Waals surface area contributed by atoms with Gasteiger partial charge in [0, 0.05) is 0 Å². The van der Waals surface area contributed by atoms with Crippen LogP contribution in [0.25, 0.3) is 0 Å². The van der Waals surface area contributed by atoms with E-state index in [1.54, 1.807) is 0 Å². The third kappa shape index (κ3) is 2.21. The first-order valence-electron chi connectivity index (χ1n) is 3.37. The van der Waals surface area contributed by atoms with Gasteiger partial charge in [0.25, 0.3) is 0 Å². The number of hydrogen-bond acceptors (Lipinski definition) is 0. The van der Waals surface area contributed by atoms with E-state index in [1.165, 1.54) is 5.19 Å². The van der Waals surface area contributed by atoms with Crippen LogP contribution in [0.2, 0.25) is 0 Å². The lowest BCUT2D eigenvalue weighted by atomic mass is 10.4. The van der Waals surface area contributed by atoms with Crippen molar-refractivity contribution < 1.29 is 0 Å². The highest BCUT2D eigenvalue weighted by Crippen LogP contribution is 1.79. The first-order chi connectivity index (χ1) is 4.93. The highest BCUT2D eigenvalue weighted by Gasteiger charge is 1.84.